The molecule has 1 atom stereocenters. The Kier molecular flexibility index (Phi) is 5.49. The zero-order valence-electron chi connectivity index (χ0n) is 11.4. The molecule has 1 N–H and O–H groups in total. The van der Waals surface area contributed by atoms with Crippen LogP contribution < -0.4 is 14.8 Å². The number of nitrogens with one attached hydrogen (secondary N) is 1. The van der Waals surface area contributed by atoms with Crippen LogP contribution in [0.15, 0.2) is 24.3 Å². The van der Waals surface area contributed by atoms with Crippen molar-refractivity contribution in [2.75, 3.05) is 7.11 Å². The number of amides is 1. The summed E-state index contributed by atoms with van der Waals surface area (Å²) in [5, 5.41) is 2.85. The number of para-hydroxylation sites is 2. The van der Waals surface area contributed by atoms with Gasteiger partial charge < -0.3 is 14.8 Å². The Hall–Kier alpha value is -1.71. The summed E-state index contributed by atoms with van der Waals surface area (Å²) in [6.07, 6.45) is 0.111. The molecule has 1 aromatic rings. The van der Waals surface area contributed by atoms with Crippen molar-refractivity contribution in [1.82, 2.24) is 5.32 Å². The maximum Gasteiger partial charge on any atom is 0.261 e. The van der Waals surface area contributed by atoms with Crippen molar-refractivity contribution in [2.24, 2.45) is 0 Å². The zero-order valence-corrected chi connectivity index (χ0v) is 11.4. The van der Waals surface area contributed by atoms with Crippen molar-refractivity contribution >= 4 is 5.91 Å². The summed E-state index contributed by atoms with van der Waals surface area (Å²) in [6, 6.07) is 7.42. The minimum atomic E-state index is -0.497. The van der Waals surface area contributed by atoms with Gasteiger partial charge in [0.05, 0.1) is 7.11 Å². The summed E-state index contributed by atoms with van der Waals surface area (Å²) in [6.45, 7) is 5.77. The van der Waals surface area contributed by atoms with Gasteiger partial charge >= 0.3 is 0 Å². The minimum Gasteiger partial charge on any atom is -0.493 e. The lowest BCUT2D eigenvalue weighted by atomic mass is 10.2. The number of rotatable bonds is 6. The van der Waals surface area contributed by atoms with E-state index in [-0.39, 0.29) is 11.9 Å². The van der Waals surface area contributed by atoms with Gasteiger partial charge in [-0.2, -0.15) is 0 Å². The fourth-order valence-electron chi connectivity index (χ4n) is 1.57. The molecule has 4 heteroatoms. The van der Waals surface area contributed by atoms with E-state index >= 15 is 0 Å². The molecule has 0 bridgehead atoms. The molecule has 0 saturated heterocycles. The van der Waals surface area contributed by atoms with Crippen LogP contribution in [0.2, 0.25) is 0 Å². The first kappa shape index (κ1) is 14.4. The summed E-state index contributed by atoms with van der Waals surface area (Å²) >= 11 is 0. The topological polar surface area (TPSA) is 47.6 Å². The van der Waals surface area contributed by atoms with Gasteiger partial charge in [0, 0.05) is 6.04 Å². The van der Waals surface area contributed by atoms with Gasteiger partial charge in [0.15, 0.2) is 17.6 Å². The molecule has 0 saturated carbocycles. The van der Waals surface area contributed by atoms with Gasteiger partial charge in [0.2, 0.25) is 0 Å². The number of carbonyl (C=O) groups is 1. The number of hydrogen-bond acceptors (Lipinski definition) is 3. The fraction of sp³-hybridized carbons (Fsp3) is 0.500. The second kappa shape index (κ2) is 6.89. The Bertz CT molecular complexity index is 390. The number of benzene rings is 1. The average molecular weight is 251 g/mol. The lowest BCUT2D eigenvalue weighted by Gasteiger charge is -2.20. The predicted octanol–water partition coefficient (Wildman–Crippen LogP) is 2.38. The van der Waals surface area contributed by atoms with Crippen LogP contribution in [0.1, 0.15) is 27.2 Å². The third-order valence-electron chi connectivity index (χ3n) is 2.43. The predicted molar refractivity (Wildman–Crippen MR) is 71.0 cm³/mol. The van der Waals surface area contributed by atoms with E-state index in [2.05, 4.69) is 5.32 Å². The molecule has 1 amide bonds. The van der Waals surface area contributed by atoms with E-state index in [4.69, 9.17) is 9.47 Å². The van der Waals surface area contributed by atoms with Crippen LogP contribution in [0.3, 0.4) is 0 Å². The van der Waals surface area contributed by atoms with Crippen molar-refractivity contribution in [3.63, 3.8) is 0 Å². The largest absolute Gasteiger partial charge is 0.493 e. The Labute approximate surface area is 108 Å². The van der Waals surface area contributed by atoms with Crippen LogP contribution in [-0.4, -0.2) is 25.2 Å². The molecule has 0 aliphatic rings. The number of ether oxygens (including phenoxy) is 2. The van der Waals surface area contributed by atoms with Crippen molar-refractivity contribution in [2.45, 2.75) is 39.3 Å². The van der Waals surface area contributed by atoms with Crippen molar-refractivity contribution in [1.29, 1.82) is 0 Å². The maximum atomic E-state index is 11.9. The summed E-state index contributed by atoms with van der Waals surface area (Å²) in [5.74, 6) is 1.12. The molecule has 0 aromatic heterocycles. The molecule has 1 rings (SSSR count). The van der Waals surface area contributed by atoms with Crippen LogP contribution in [0, 0.1) is 0 Å². The maximum absolute atomic E-state index is 11.9. The summed E-state index contributed by atoms with van der Waals surface area (Å²) in [7, 11) is 1.58. The molecule has 0 unspecified atom stereocenters. The molecule has 0 spiro atoms. The molecule has 0 heterocycles. The SMILES string of the molecule is CC[C@H](Oc1ccccc1OC)C(=O)NC(C)C. The van der Waals surface area contributed by atoms with Crippen LogP contribution in [0.4, 0.5) is 0 Å². The van der Waals surface area contributed by atoms with Crippen LogP contribution in [-0.2, 0) is 4.79 Å². The Morgan fingerprint density at radius 3 is 2.39 bits per heavy atom. The van der Waals surface area contributed by atoms with E-state index in [0.717, 1.165) is 0 Å². The highest BCUT2D eigenvalue weighted by molar-refractivity contribution is 5.81. The highest BCUT2D eigenvalue weighted by atomic mass is 16.5. The molecule has 0 radical (unpaired) electrons. The van der Waals surface area contributed by atoms with Crippen LogP contribution >= 0.6 is 0 Å². The van der Waals surface area contributed by atoms with Gasteiger partial charge in [-0.1, -0.05) is 19.1 Å². The first-order chi connectivity index (χ1) is 8.58. The average Bonchev–Trinajstić information content (AvgIpc) is 2.35. The second-order valence-electron chi connectivity index (χ2n) is 4.33. The van der Waals surface area contributed by atoms with E-state index in [1.54, 1.807) is 13.2 Å². The summed E-state index contributed by atoms with van der Waals surface area (Å²) in [5.41, 5.74) is 0. The Morgan fingerprint density at radius 1 is 1.28 bits per heavy atom. The monoisotopic (exact) mass is 251 g/mol. The van der Waals surface area contributed by atoms with E-state index in [9.17, 15) is 4.79 Å². The Balaban J connectivity index is 2.76. The van der Waals surface area contributed by atoms with Gasteiger partial charge in [-0.15, -0.1) is 0 Å². The first-order valence-electron chi connectivity index (χ1n) is 6.18. The van der Waals surface area contributed by atoms with E-state index < -0.39 is 6.10 Å². The molecule has 0 aliphatic heterocycles. The van der Waals surface area contributed by atoms with Crippen molar-refractivity contribution in [3.05, 3.63) is 24.3 Å². The van der Waals surface area contributed by atoms with Crippen molar-refractivity contribution < 1.29 is 14.3 Å². The third kappa shape index (κ3) is 3.95. The Morgan fingerprint density at radius 2 is 1.89 bits per heavy atom. The van der Waals surface area contributed by atoms with Gasteiger partial charge in [0.1, 0.15) is 0 Å². The second-order valence-corrected chi connectivity index (χ2v) is 4.33. The lowest BCUT2D eigenvalue weighted by molar-refractivity contribution is -0.128. The first-order valence-corrected chi connectivity index (χ1v) is 6.18. The summed E-state index contributed by atoms with van der Waals surface area (Å²) < 4.78 is 10.9. The van der Waals surface area contributed by atoms with Gasteiger partial charge in [-0.3, -0.25) is 4.79 Å². The van der Waals surface area contributed by atoms with E-state index in [1.807, 2.05) is 39.0 Å². The van der Waals surface area contributed by atoms with Gasteiger partial charge in [-0.25, -0.2) is 0 Å². The standard InChI is InChI=1S/C14H21NO3/c1-5-11(14(16)15-10(2)3)18-13-9-7-6-8-12(13)17-4/h6-11H,5H2,1-4H3,(H,15,16)/t11-/m0/s1. The van der Waals surface area contributed by atoms with Crippen molar-refractivity contribution in [3.8, 4) is 11.5 Å². The molecule has 0 aliphatic carbocycles. The third-order valence-corrected chi connectivity index (χ3v) is 2.43. The van der Waals surface area contributed by atoms with Crippen LogP contribution in [0.5, 0.6) is 11.5 Å². The fourth-order valence-corrected chi connectivity index (χ4v) is 1.57. The van der Waals surface area contributed by atoms with E-state index in [0.29, 0.717) is 17.9 Å². The number of carbonyl (C=O) groups excluding carboxylic acids is 1. The quantitative estimate of drug-likeness (QED) is 0.844. The number of hydrogen-bond donors (Lipinski definition) is 1. The number of methoxy groups -OCH3 is 1. The lowest BCUT2D eigenvalue weighted by Crippen LogP contribution is -2.41. The molecular formula is C14H21NO3. The highest BCUT2D eigenvalue weighted by Crippen LogP contribution is 2.27. The van der Waals surface area contributed by atoms with Gasteiger partial charge in [-0.05, 0) is 32.4 Å². The van der Waals surface area contributed by atoms with Crippen LogP contribution in [0.25, 0.3) is 0 Å². The molecule has 4 nitrogen and oxygen atoms in total. The van der Waals surface area contributed by atoms with E-state index in [1.165, 1.54) is 0 Å². The minimum absolute atomic E-state index is 0.0987. The normalized spacial score (nSPS) is 12.1. The molecule has 0 fully saturated rings. The molecule has 1 aromatic carbocycles. The smallest absolute Gasteiger partial charge is 0.261 e. The molecule has 18 heavy (non-hydrogen) atoms. The van der Waals surface area contributed by atoms with Gasteiger partial charge in [0.25, 0.3) is 5.91 Å². The zero-order chi connectivity index (χ0) is 13.5. The molecule has 100 valence electrons. The summed E-state index contributed by atoms with van der Waals surface area (Å²) in [4.78, 5) is 11.9. The highest BCUT2D eigenvalue weighted by Gasteiger charge is 2.20. The molecular weight excluding hydrogens is 230 g/mol.